The Kier molecular flexibility index (Phi) is 4.25. The largest absolute Gasteiger partial charge is 0.503 e. The molecule has 0 aromatic heterocycles. The number of carboxylic acids is 1. The molecule has 22 heavy (non-hydrogen) atoms. The number of halogens is 1. The van der Waals surface area contributed by atoms with E-state index in [9.17, 15) is 23.9 Å². The molecule has 0 bridgehead atoms. The van der Waals surface area contributed by atoms with Crippen molar-refractivity contribution in [3.63, 3.8) is 0 Å². The smallest absolute Gasteiger partial charge is 0.305 e. The lowest BCUT2D eigenvalue weighted by Crippen LogP contribution is -2.33. The fraction of sp³-hybridized carbons (Fsp3) is 0.267. The van der Waals surface area contributed by atoms with Gasteiger partial charge in [0.15, 0.2) is 11.5 Å². The van der Waals surface area contributed by atoms with Gasteiger partial charge < -0.3 is 15.1 Å². The van der Waals surface area contributed by atoms with Gasteiger partial charge in [-0.1, -0.05) is 18.2 Å². The number of nitrogens with zero attached hydrogens (tertiary/aromatic N) is 1. The second kappa shape index (κ2) is 5.97. The van der Waals surface area contributed by atoms with E-state index in [0.717, 1.165) is 11.8 Å². The Labute approximate surface area is 125 Å². The van der Waals surface area contributed by atoms with Crippen LogP contribution in [0.5, 0.6) is 0 Å². The maximum atomic E-state index is 14.0. The molecule has 0 fully saturated rings. The Morgan fingerprint density at radius 1 is 1.32 bits per heavy atom. The zero-order valence-electron chi connectivity index (χ0n) is 11.7. The summed E-state index contributed by atoms with van der Waals surface area (Å²) >= 11 is 0. The molecule has 0 saturated heterocycles. The van der Waals surface area contributed by atoms with Crippen LogP contribution in [-0.4, -0.2) is 39.3 Å². The van der Waals surface area contributed by atoms with Crippen LogP contribution in [0.3, 0.4) is 0 Å². The van der Waals surface area contributed by atoms with E-state index in [1.165, 1.54) is 24.3 Å². The number of Topliss-reactive ketones (excluding diaryl/α,β-unsaturated/α-hetero) is 1. The van der Waals surface area contributed by atoms with Crippen LogP contribution in [0.25, 0.3) is 0 Å². The first-order valence-corrected chi connectivity index (χ1v) is 6.55. The summed E-state index contributed by atoms with van der Waals surface area (Å²) < 4.78 is 14.0. The van der Waals surface area contributed by atoms with Gasteiger partial charge >= 0.3 is 5.97 Å². The van der Waals surface area contributed by atoms with Gasteiger partial charge in [0.05, 0.1) is 18.0 Å². The molecule has 1 aromatic carbocycles. The van der Waals surface area contributed by atoms with Crippen molar-refractivity contribution in [3.05, 3.63) is 47.0 Å². The van der Waals surface area contributed by atoms with Gasteiger partial charge in [-0.3, -0.25) is 14.4 Å². The molecule has 0 radical (unpaired) electrons. The van der Waals surface area contributed by atoms with Gasteiger partial charge in [-0.2, -0.15) is 0 Å². The van der Waals surface area contributed by atoms with Gasteiger partial charge in [-0.25, -0.2) is 4.39 Å². The average molecular weight is 307 g/mol. The Morgan fingerprint density at radius 2 is 1.95 bits per heavy atom. The normalized spacial score (nSPS) is 18.0. The van der Waals surface area contributed by atoms with Crippen LogP contribution < -0.4 is 0 Å². The van der Waals surface area contributed by atoms with Crippen LogP contribution in [0.1, 0.15) is 24.9 Å². The number of carbonyl (C=O) groups excluding carboxylic acids is 2. The molecule has 1 heterocycles. The number of ketones is 1. The molecule has 0 aliphatic carbocycles. The molecular formula is C15H14FNO5. The third-order valence-corrected chi connectivity index (χ3v) is 3.45. The molecule has 1 atom stereocenters. The predicted molar refractivity (Wildman–Crippen MR) is 73.4 cm³/mol. The molecule has 1 aliphatic rings. The van der Waals surface area contributed by atoms with Gasteiger partial charge in [-0.15, -0.1) is 0 Å². The summed E-state index contributed by atoms with van der Waals surface area (Å²) in [6, 6.07) is 4.43. The summed E-state index contributed by atoms with van der Waals surface area (Å²) in [6.07, 6.45) is -0.380. The van der Waals surface area contributed by atoms with Gasteiger partial charge in [0.25, 0.3) is 5.91 Å². The molecule has 0 unspecified atom stereocenters. The highest BCUT2D eigenvalue weighted by Gasteiger charge is 2.43. The Morgan fingerprint density at radius 3 is 2.50 bits per heavy atom. The van der Waals surface area contributed by atoms with Gasteiger partial charge in [0, 0.05) is 12.1 Å². The highest BCUT2D eigenvalue weighted by Crippen LogP contribution is 2.38. The second-order valence-electron chi connectivity index (χ2n) is 4.88. The van der Waals surface area contributed by atoms with E-state index < -0.39 is 35.3 Å². The lowest BCUT2D eigenvalue weighted by atomic mass is 9.96. The summed E-state index contributed by atoms with van der Waals surface area (Å²) in [5.41, 5.74) is -0.184. The number of aliphatic hydroxyl groups excluding tert-OH is 1. The molecule has 116 valence electrons. The van der Waals surface area contributed by atoms with Crippen LogP contribution >= 0.6 is 0 Å². The molecule has 2 rings (SSSR count). The maximum absolute atomic E-state index is 14.0. The number of aliphatic hydroxyl groups is 1. The molecule has 1 aliphatic heterocycles. The fourth-order valence-corrected chi connectivity index (χ4v) is 2.48. The highest BCUT2D eigenvalue weighted by molar-refractivity contribution is 6.08. The number of rotatable bonds is 5. The maximum Gasteiger partial charge on any atom is 0.305 e. The van der Waals surface area contributed by atoms with Crippen molar-refractivity contribution in [1.29, 1.82) is 0 Å². The van der Waals surface area contributed by atoms with E-state index in [-0.39, 0.29) is 24.1 Å². The lowest BCUT2D eigenvalue weighted by molar-refractivity contribution is -0.138. The van der Waals surface area contributed by atoms with E-state index >= 15 is 0 Å². The third-order valence-electron chi connectivity index (χ3n) is 3.45. The number of hydrogen-bond acceptors (Lipinski definition) is 4. The Balaban J connectivity index is 2.51. The third kappa shape index (κ3) is 2.69. The standard InChI is InChI=1S/C15H14FNO5/c1-8(18)12-13(9-4-2-3-5-10(9)16)17(7-6-11(19)20)15(22)14(12)21/h2-5,13,21H,6-7H2,1H3,(H,19,20)/t13-/m0/s1. The molecule has 1 aromatic rings. The van der Waals surface area contributed by atoms with Crippen molar-refractivity contribution in [2.24, 2.45) is 0 Å². The zero-order chi connectivity index (χ0) is 16.4. The lowest BCUT2D eigenvalue weighted by Gasteiger charge is -2.26. The monoisotopic (exact) mass is 307 g/mol. The van der Waals surface area contributed by atoms with Crippen molar-refractivity contribution >= 4 is 17.7 Å². The minimum atomic E-state index is -1.14. The van der Waals surface area contributed by atoms with E-state index in [2.05, 4.69) is 0 Å². The van der Waals surface area contributed by atoms with Crippen molar-refractivity contribution in [1.82, 2.24) is 4.90 Å². The van der Waals surface area contributed by atoms with E-state index in [0.29, 0.717) is 0 Å². The van der Waals surface area contributed by atoms with Crippen LogP contribution in [-0.2, 0) is 14.4 Å². The average Bonchev–Trinajstić information content (AvgIpc) is 2.69. The predicted octanol–water partition coefficient (Wildman–Crippen LogP) is 1.58. The molecular weight excluding hydrogens is 293 g/mol. The zero-order valence-corrected chi connectivity index (χ0v) is 11.7. The van der Waals surface area contributed by atoms with Crippen molar-refractivity contribution < 1.29 is 29.0 Å². The van der Waals surface area contributed by atoms with E-state index in [1.807, 2.05) is 0 Å². The van der Waals surface area contributed by atoms with E-state index in [1.54, 1.807) is 0 Å². The van der Waals surface area contributed by atoms with E-state index in [4.69, 9.17) is 5.11 Å². The number of hydrogen-bond donors (Lipinski definition) is 2. The summed E-state index contributed by atoms with van der Waals surface area (Å²) in [6.45, 7) is 0.918. The molecule has 6 nitrogen and oxygen atoms in total. The fourth-order valence-electron chi connectivity index (χ4n) is 2.48. The molecule has 0 spiro atoms. The summed E-state index contributed by atoms with van der Waals surface area (Å²) in [7, 11) is 0. The molecule has 2 N–H and O–H groups in total. The number of amides is 1. The first-order chi connectivity index (χ1) is 10.3. The Bertz CT molecular complexity index is 682. The topological polar surface area (TPSA) is 94.9 Å². The van der Waals surface area contributed by atoms with Crippen LogP contribution in [0.2, 0.25) is 0 Å². The second-order valence-corrected chi connectivity index (χ2v) is 4.88. The number of carbonyl (C=O) groups is 3. The van der Waals surface area contributed by atoms with Crippen LogP contribution in [0.15, 0.2) is 35.6 Å². The SMILES string of the molecule is CC(=O)C1=C(O)C(=O)N(CCC(=O)O)[C@H]1c1ccccc1F. The number of carboxylic acid groups (broad SMARTS) is 1. The summed E-state index contributed by atoms with van der Waals surface area (Å²) in [5.74, 6) is -3.99. The Hall–Kier alpha value is -2.70. The minimum Gasteiger partial charge on any atom is -0.503 e. The van der Waals surface area contributed by atoms with Crippen molar-refractivity contribution in [2.75, 3.05) is 6.54 Å². The number of benzene rings is 1. The highest BCUT2D eigenvalue weighted by atomic mass is 19.1. The first-order valence-electron chi connectivity index (χ1n) is 6.55. The van der Waals surface area contributed by atoms with Crippen LogP contribution in [0, 0.1) is 5.82 Å². The summed E-state index contributed by atoms with van der Waals surface area (Å²) in [5, 5.41) is 18.6. The van der Waals surface area contributed by atoms with Crippen molar-refractivity contribution in [2.45, 2.75) is 19.4 Å². The van der Waals surface area contributed by atoms with Crippen molar-refractivity contribution in [3.8, 4) is 0 Å². The summed E-state index contributed by atoms with van der Waals surface area (Å²) in [4.78, 5) is 35.5. The molecule has 0 saturated carbocycles. The number of aliphatic carboxylic acids is 1. The van der Waals surface area contributed by atoms with Gasteiger partial charge in [0.2, 0.25) is 0 Å². The minimum absolute atomic E-state index is 0.0375. The molecule has 7 heteroatoms. The van der Waals surface area contributed by atoms with Gasteiger partial charge in [-0.05, 0) is 13.0 Å². The molecule has 1 amide bonds. The quantitative estimate of drug-likeness (QED) is 0.861. The van der Waals surface area contributed by atoms with Gasteiger partial charge in [0.1, 0.15) is 5.82 Å². The van der Waals surface area contributed by atoms with Crippen LogP contribution in [0.4, 0.5) is 4.39 Å². The first kappa shape index (κ1) is 15.7.